The lowest BCUT2D eigenvalue weighted by Gasteiger charge is -2.23. The van der Waals surface area contributed by atoms with Gasteiger partial charge in [-0.3, -0.25) is 14.3 Å². The lowest BCUT2D eigenvalue weighted by atomic mass is 9.86. The summed E-state index contributed by atoms with van der Waals surface area (Å²) in [5.74, 6) is -0.698. The van der Waals surface area contributed by atoms with Crippen LogP contribution in [-0.4, -0.2) is 41.0 Å². The summed E-state index contributed by atoms with van der Waals surface area (Å²) in [6, 6.07) is 9.25. The number of nitrogens with zero attached hydrogens (tertiary/aromatic N) is 3. The van der Waals surface area contributed by atoms with Crippen LogP contribution in [0.4, 0.5) is 5.69 Å². The summed E-state index contributed by atoms with van der Waals surface area (Å²) in [6.45, 7) is 1.24. The molecule has 2 heterocycles. The molecule has 1 aromatic carbocycles. The van der Waals surface area contributed by atoms with E-state index < -0.39 is 0 Å². The number of aromatic nitrogens is 2. The Kier molecular flexibility index (Phi) is 5.00. The number of rotatable bonds is 5. The van der Waals surface area contributed by atoms with Crippen molar-refractivity contribution in [1.82, 2.24) is 14.5 Å². The molecule has 0 spiro atoms. The van der Waals surface area contributed by atoms with Gasteiger partial charge in [0.25, 0.3) is 0 Å². The molecule has 3 aromatic rings. The fourth-order valence-corrected chi connectivity index (χ4v) is 3.75. The summed E-state index contributed by atoms with van der Waals surface area (Å²) in [4.78, 5) is 31.5. The molecule has 0 saturated carbocycles. The Morgan fingerprint density at radius 3 is 3.04 bits per heavy atom. The van der Waals surface area contributed by atoms with Crippen molar-refractivity contribution in [2.75, 3.05) is 26.0 Å². The SMILES string of the molecule is CN(C)CCn1c(=O)oc2ccc(NC(=O)C3CCCc4cccnc43)cc21. The van der Waals surface area contributed by atoms with Gasteiger partial charge in [-0.1, -0.05) is 6.07 Å². The van der Waals surface area contributed by atoms with E-state index in [-0.39, 0.29) is 17.6 Å². The Hall–Kier alpha value is -2.93. The van der Waals surface area contributed by atoms with E-state index in [2.05, 4.69) is 10.3 Å². The highest BCUT2D eigenvalue weighted by Gasteiger charge is 2.27. The second-order valence-electron chi connectivity index (χ2n) is 7.49. The smallest absolute Gasteiger partial charge is 0.408 e. The summed E-state index contributed by atoms with van der Waals surface area (Å²) in [5, 5.41) is 3.00. The minimum absolute atomic E-state index is 0.0651. The molecule has 1 unspecified atom stereocenters. The molecule has 1 aliphatic rings. The van der Waals surface area contributed by atoms with Crippen molar-refractivity contribution in [3.63, 3.8) is 0 Å². The predicted octanol–water partition coefficient (Wildman–Crippen LogP) is 2.61. The van der Waals surface area contributed by atoms with E-state index in [0.717, 1.165) is 37.1 Å². The summed E-state index contributed by atoms with van der Waals surface area (Å²) in [7, 11) is 3.91. The number of benzene rings is 1. The minimum Gasteiger partial charge on any atom is -0.408 e. The molecule has 0 saturated heterocycles. The second-order valence-corrected chi connectivity index (χ2v) is 7.49. The van der Waals surface area contributed by atoms with Crippen LogP contribution >= 0.6 is 0 Å². The summed E-state index contributed by atoms with van der Waals surface area (Å²) in [6.07, 6.45) is 4.47. The van der Waals surface area contributed by atoms with Crippen molar-refractivity contribution < 1.29 is 9.21 Å². The molecule has 0 fully saturated rings. The number of anilines is 1. The van der Waals surface area contributed by atoms with Crippen LogP contribution < -0.4 is 11.1 Å². The van der Waals surface area contributed by atoms with Gasteiger partial charge < -0.3 is 14.6 Å². The van der Waals surface area contributed by atoms with Gasteiger partial charge in [-0.2, -0.15) is 0 Å². The van der Waals surface area contributed by atoms with E-state index in [1.54, 1.807) is 29.0 Å². The lowest BCUT2D eigenvalue weighted by molar-refractivity contribution is -0.118. The lowest BCUT2D eigenvalue weighted by Crippen LogP contribution is -2.26. The van der Waals surface area contributed by atoms with Crippen LogP contribution in [0, 0.1) is 0 Å². The largest absolute Gasteiger partial charge is 0.419 e. The molecule has 2 aromatic heterocycles. The van der Waals surface area contributed by atoms with Gasteiger partial charge in [0.05, 0.1) is 17.1 Å². The van der Waals surface area contributed by atoms with Gasteiger partial charge >= 0.3 is 5.76 Å². The molecule has 7 nitrogen and oxygen atoms in total. The predicted molar refractivity (Wildman–Crippen MR) is 108 cm³/mol. The number of hydrogen-bond acceptors (Lipinski definition) is 5. The topological polar surface area (TPSA) is 80.4 Å². The van der Waals surface area contributed by atoms with E-state index in [9.17, 15) is 9.59 Å². The van der Waals surface area contributed by atoms with Gasteiger partial charge in [-0.15, -0.1) is 0 Å². The zero-order chi connectivity index (χ0) is 19.7. The highest BCUT2D eigenvalue weighted by molar-refractivity contribution is 5.97. The van der Waals surface area contributed by atoms with E-state index in [1.165, 1.54) is 0 Å². The van der Waals surface area contributed by atoms with Crippen LogP contribution in [0.25, 0.3) is 11.1 Å². The van der Waals surface area contributed by atoms with Gasteiger partial charge in [-0.25, -0.2) is 4.79 Å². The number of carbonyl (C=O) groups is 1. The maximum atomic E-state index is 12.9. The van der Waals surface area contributed by atoms with Crippen molar-refractivity contribution in [2.24, 2.45) is 0 Å². The van der Waals surface area contributed by atoms with E-state index >= 15 is 0 Å². The first-order chi connectivity index (χ1) is 13.5. The molecular weight excluding hydrogens is 356 g/mol. The van der Waals surface area contributed by atoms with E-state index in [1.807, 2.05) is 31.1 Å². The molecule has 1 aliphatic carbocycles. The standard InChI is InChI=1S/C21H24N4O3/c1-24(2)11-12-25-17-13-15(8-9-18(17)28-21(25)27)23-20(26)16-7-3-5-14-6-4-10-22-19(14)16/h4,6,8-10,13,16H,3,5,7,11-12H2,1-2H3,(H,23,26). The van der Waals surface area contributed by atoms with Gasteiger partial charge in [0.15, 0.2) is 5.58 Å². The molecule has 0 bridgehead atoms. The maximum Gasteiger partial charge on any atom is 0.419 e. The van der Waals surface area contributed by atoms with E-state index in [4.69, 9.17) is 4.42 Å². The fourth-order valence-electron chi connectivity index (χ4n) is 3.75. The average molecular weight is 380 g/mol. The molecule has 28 heavy (non-hydrogen) atoms. The van der Waals surface area contributed by atoms with Gasteiger partial charge in [0, 0.05) is 25.0 Å². The molecule has 0 aliphatic heterocycles. The fraction of sp³-hybridized carbons (Fsp3) is 0.381. The molecule has 0 radical (unpaired) electrons. The van der Waals surface area contributed by atoms with Gasteiger partial charge in [0.2, 0.25) is 5.91 Å². The number of nitrogens with one attached hydrogen (secondary N) is 1. The number of hydrogen-bond donors (Lipinski definition) is 1. The van der Waals surface area contributed by atoms with Crippen LogP contribution in [0.5, 0.6) is 0 Å². The van der Waals surface area contributed by atoms with Crippen molar-refractivity contribution in [1.29, 1.82) is 0 Å². The van der Waals surface area contributed by atoms with Gasteiger partial charge in [0.1, 0.15) is 0 Å². The monoisotopic (exact) mass is 380 g/mol. The Morgan fingerprint density at radius 2 is 2.21 bits per heavy atom. The Morgan fingerprint density at radius 1 is 1.36 bits per heavy atom. The number of oxazole rings is 1. The Balaban J connectivity index is 1.59. The summed E-state index contributed by atoms with van der Waals surface area (Å²) >= 11 is 0. The molecule has 1 atom stereocenters. The van der Waals surface area contributed by atoms with Gasteiger partial charge in [-0.05, 0) is 63.2 Å². The first kappa shape index (κ1) is 18.4. The first-order valence-electron chi connectivity index (χ1n) is 9.55. The molecular formula is C21H24N4O3. The first-order valence-corrected chi connectivity index (χ1v) is 9.55. The van der Waals surface area contributed by atoms with Crippen LogP contribution in [0.2, 0.25) is 0 Å². The zero-order valence-electron chi connectivity index (χ0n) is 16.1. The number of likely N-dealkylation sites (N-methyl/N-ethyl adjacent to an activating group) is 1. The third-order valence-corrected chi connectivity index (χ3v) is 5.22. The van der Waals surface area contributed by atoms with Crippen molar-refractivity contribution >= 4 is 22.7 Å². The Bertz CT molecular complexity index is 1070. The number of fused-ring (bicyclic) bond motifs is 2. The molecule has 146 valence electrons. The van der Waals surface area contributed by atoms with Crippen molar-refractivity contribution in [3.8, 4) is 0 Å². The molecule has 7 heteroatoms. The Labute approximate surface area is 163 Å². The normalized spacial score (nSPS) is 16.3. The highest BCUT2D eigenvalue weighted by atomic mass is 16.4. The zero-order valence-corrected chi connectivity index (χ0v) is 16.1. The third-order valence-electron chi connectivity index (χ3n) is 5.22. The third kappa shape index (κ3) is 3.57. The number of carbonyl (C=O) groups excluding carboxylic acids is 1. The molecule has 4 rings (SSSR count). The van der Waals surface area contributed by atoms with Crippen LogP contribution in [0.15, 0.2) is 45.7 Å². The molecule has 1 amide bonds. The quantitative estimate of drug-likeness (QED) is 0.736. The van der Waals surface area contributed by atoms with Crippen LogP contribution in [0.1, 0.15) is 30.0 Å². The van der Waals surface area contributed by atoms with Crippen molar-refractivity contribution in [2.45, 2.75) is 31.7 Å². The van der Waals surface area contributed by atoms with Crippen molar-refractivity contribution in [3.05, 3.63) is 58.3 Å². The maximum absolute atomic E-state index is 12.9. The average Bonchev–Trinajstić information content (AvgIpc) is 3.00. The van der Waals surface area contributed by atoms with Crippen LogP contribution in [0.3, 0.4) is 0 Å². The number of aryl methyl sites for hydroxylation is 1. The van der Waals surface area contributed by atoms with E-state index in [0.29, 0.717) is 23.3 Å². The molecule has 1 N–H and O–H groups in total. The summed E-state index contributed by atoms with van der Waals surface area (Å²) < 4.78 is 6.92. The number of pyridine rings is 1. The second kappa shape index (κ2) is 7.59. The minimum atomic E-state index is -0.384. The van der Waals surface area contributed by atoms with Crippen LogP contribution in [-0.2, 0) is 17.8 Å². The number of amides is 1. The highest BCUT2D eigenvalue weighted by Crippen LogP contribution is 2.31. The summed E-state index contributed by atoms with van der Waals surface area (Å²) in [5.41, 5.74) is 3.88.